The number of halogens is 1. The van der Waals surface area contributed by atoms with E-state index < -0.39 is 6.04 Å². The molecular weight excluding hydrogens is 330 g/mol. The number of methoxy groups -OCH3 is 1. The average Bonchev–Trinajstić information content (AvgIpc) is 2.55. The van der Waals surface area contributed by atoms with Crippen LogP contribution in [0.2, 0.25) is 5.02 Å². The number of aromatic nitrogens is 1. The summed E-state index contributed by atoms with van der Waals surface area (Å²) in [5.74, 6) is 0.00909. The molecule has 0 aliphatic heterocycles. The number of nitrogens with zero attached hydrogens (tertiary/aromatic N) is 1. The molecule has 0 bridgehead atoms. The summed E-state index contributed by atoms with van der Waals surface area (Å²) in [6.07, 6.45) is 1.60. The van der Waals surface area contributed by atoms with E-state index >= 15 is 0 Å². The van der Waals surface area contributed by atoms with E-state index in [1.807, 2.05) is 0 Å². The number of amides is 2. The number of ether oxygens (including phenoxy) is 1. The number of nitrogens with one attached hydrogen (secondary N) is 2. The van der Waals surface area contributed by atoms with E-state index in [-0.39, 0.29) is 18.2 Å². The lowest BCUT2D eigenvalue weighted by Crippen LogP contribution is -2.29. The maximum atomic E-state index is 12.3. The number of anilines is 1. The molecule has 7 heteroatoms. The number of pyridine rings is 1. The van der Waals surface area contributed by atoms with Crippen LogP contribution >= 0.6 is 11.6 Å². The van der Waals surface area contributed by atoms with Crippen LogP contribution in [0.3, 0.4) is 0 Å². The molecule has 2 aromatic rings. The Bertz CT molecular complexity index is 702. The van der Waals surface area contributed by atoms with Crippen LogP contribution in [-0.4, -0.2) is 23.9 Å². The molecular formula is C17H18ClN3O3. The second kappa shape index (κ2) is 8.31. The maximum absolute atomic E-state index is 12.3. The van der Waals surface area contributed by atoms with Crippen molar-refractivity contribution in [3.05, 3.63) is 53.2 Å². The first kappa shape index (κ1) is 17.7. The zero-order valence-electron chi connectivity index (χ0n) is 13.4. The van der Waals surface area contributed by atoms with Gasteiger partial charge >= 0.3 is 0 Å². The van der Waals surface area contributed by atoms with Crippen molar-refractivity contribution in [1.82, 2.24) is 10.3 Å². The average molecular weight is 348 g/mol. The third kappa shape index (κ3) is 5.24. The molecule has 0 aliphatic carbocycles. The van der Waals surface area contributed by atoms with Crippen LogP contribution in [0.5, 0.6) is 5.88 Å². The monoisotopic (exact) mass is 347 g/mol. The molecule has 0 spiro atoms. The summed E-state index contributed by atoms with van der Waals surface area (Å²) in [6.45, 7) is 1.41. The first-order valence-corrected chi connectivity index (χ1v) is 7.68. The second-order valence-electron chi connectivity index (χ2n) is 5.15. The van der Waals surface area contributed by atoms with Gasteiger partial charge in [-0.05, 0) is 23.8 Å². The highest BCUT2D eigenvalue weighted by Crippen LogP contribution is 2.20. The second-order valence-corrected chi connectivity index (χ2v) is 5.58. The van der Waals surface area contributed by atoms with Crippen molar-refractivity contribution in [1.29, 1.82) is 0 Å². The molecule has 1 heterocycles. The van der Waals surface area contributed by atoms with Gasteiger partial charge in [0.05, 0.1) is 31.5 Å². The molecule has 1 aromatic carbocycles. The van der Waals surface area contributed by atoms with Crippen molar-refractivity contribution in [3.8, 4) is 5.88 Å². The molecule has 24 heavy (non-hydrogen) atoms. The van der Waals surface area contributed by atoms with Crippen LogP contribution in [0.25, 0.3) is 0 Å². The molecule has 126 valence electrons. The number of hydrogen-bond acceptors (Lipinski definition) is 4. The number of benzene rings is 1. The minimum absolute atomic E-state index is 0.0905. The minimum Gasteiger partial charge on any atom is -0.481 e. The van der Waals surface area contributed by atoms with E-state index in [9.17, 15) is 9.59 Å². The van der Waals surface area contributed by atoms with Crippen molar-refractivity contribution in [2.24, 2.45) is 0 Å². The molecule has 2 rings (SSSR count). The standard InChI is InChI=1S/C17H18ClN3O3/c1-11(22)20-15(12-3-5-13(18)6-4-12)9-16(23)21-14-7-8-17(24-2)19-10-14/h3-8,10,15H,9H2,1-2H3,(H,20,22)(H,21,23)/t15-/m1/s1. The van der Waals surface area contributed by atoms with Gasteiger partial charge < -0.3 is 15.4 Å². The van der Waals surface area contributed by atoms with Crippen molar-refractivity contribution in [2.75, 3.05) is 12.4 Å². The van der Waals surface area contributed by atoms with Gasteiger partial charge in [-0.1, -0.05) is 23.7 Å². The molecule has 0 saturated carbocycles. The Morgan fingerprint density at radius 3 is 2.46 bits per heavy atom. The Kier molecular flexibility index (Phi) is 6.14. The topological polar surface area (TPSA) is 80.3 Å². The molecule has 2 amide bonds. The molecule has 0 saturated heterocycles. The first-order chi connectivity index (χ1) is 11.5. The van der Waals surface area contributed by atoms with Crippen LogP contribution in [0, 0.1) is 0 Å². The number of carbonyl (C=O) groups is 2. The fourth-order valence-electron chi connectivity index (χ4n) is 2.17. The predicted molar refractivity (Wildman–Crippen MR) is 92.0 cm³/mol. The van der Waals surface area contributed by atoms with E-state index in [1.165, 1.54) is 20.2 Å². The number of rotatable bonds is 6. The van der Waals surface area contributed by atoms with Gasteiger partial charge in [0.1, 0.15) is 0 Å². The van der Waals surface area contributed by atoms with Gasteiger partial charge in [-0.15, -0.1) is 0 Å². The first-order valence-electron chi connectivity index (χ1n) is 7.30. The normalized spacial score (nSPS) is 11.5. The lowest BCUT2D eigenvalue weighted by atomic mass is 10.0. The van der Waals surface area contributed by atoms with Gasteiger partial charge in [0.2, 0.25) is 17.7 Å². The Morgan fingerprint density at radius 1 is 1.21 bits per heavy atom. The highest BCUT2D eigenvalue weighted by atomic mass is 35.5. The Morgan fingerprint density at radius 2 is 1.92 bits per heavy atom. The van der Waals surface area contributed by atoms with Crippen LogP contribution in [0.15, 0.2) is 42.6 Å². The summed E-state index contributed by atoms with van der Waals surface area (Å²) in [5.41, 5.74) is 1.36. The van der Waals surface area contributed by atoms with Crippen LogP contribution in [-0.2, 0) is 9.59 Å². The Labute approximate surface area is 145 Å². The zero-order valence-corrected chi connectivity index (χ0v) is 14.1. The molecule has 0 fully saturated rings. The molecule has 0 radical (unpaired) electrons. The Hall–Kier alpha value is -2.60. The van der Waals surface area contributed by atoms with Gasteiger partial charge in [-0.2, -0.15) is 0 Å². The van der Waals surface area contributed by atoms with Gasteiger partial charge in [0, 0.05) is 18.0 Å². The van der Waals surface area contributed by atoms with Crippen molar-refractivity contribution in [2.45, 2.75) is 19.4 Å². The highest BCUT2D eigenvalue weighted by Gasteiger charge is 2.17. The van der Waals surface area contributed by atoms with E-state index in [1.54, 1.807) is 36.4 Å². The van der Waals surface area contributed by atoms with Crippen molar-refractivity contribution >= 4 is 29.1 Å². The van der Waals surface area contributed by atoms with Crippen LogP contribution in [0.1, 0.15) is 24.9 Å². The van der Waals surface area contributed by atoms with Crippen LogP contribution < -0.4 is 15.4 Å². The van der Waals surface area contributed by atoms with Crippen LogP contribution in [0.4, 0.5) is 5.69 Å². The summed E-state index contributed by atoms with van der Waals surface area (Å²) < 4.78 is 4.97. The zero-order chi connectivity index (χ0) is 17.5. The summed E-state index contributed by atoms with van der Waals surface area (Å²) in [7, 11) is 1.52. The third-order valence-corrected chi connectivity index (χ3v) is 3.52. The molecule has 1 aromatic heterocycles. The lowest BCUT2D eigenvalue weighted by Gasteiger charge is -2.18. The molecule has 0 unspecified atom stereocenters. The smallest absolute Gasteiger partial charge is 0.226 e. The summed E-state index contributed by atoms with van der Waals surface area (Å²) in [5, 5.41) is 6.11. The predicted octanol–water partition coefficient (Wildman–Crippen LogP) is 2.95. The van der Waals surface area contributed by atoms with Crippen molar-refractivity contribution < 1.29 is 14.3 Å². The van der Waals surface area contributed by atoms with Gasteiger partial charge in [0.25, 0.3) is 0 Å². The molecule has 2 N–H and O–H groups in total. The SMILES string of the molecule is COc1ccc(NC(=O)C[C@@H](NC(C)=O)c2ccc(Cl)cc2)cn1. The van der Waals surface area contributed by atoms with Gasteiger partial charge in [-0.25, -0.2) is 4.98 Å². The van der Waals surface area contributed by atoms with Gasteiger partial charge in [-0.3, -0.25) is 9.59 Å². The molecule has 0 aliphatic rings. The van der Waals surface area contributed by atoms with E-state index in [0.717, 1.165) is 5.56 Å². The van der Waals surface area contributed by atoms with Crippen molar-refractivity contribution in [3.63, 3.8) is 0 Å². The minimum atomic E-state index is -0.439. The van der Waals surface area contributed by atoms with E-state index in [0.29, 0.717) is 16.6 Å². The number of carbonyl (C=O) groups excluding carboxylic acids is 2. The lowest BCUT2D eigenvalue weighted by molar-refractivity contribution is -0.120. The Balaban J connectivity index is 2.05. The summed E-state index contributed by atoms with van der Waals surface area (Å²) in [4.78, 5) is 27.7. The third-order valence-electron chi connectivity index (χ3n) is 3.27. The molecule has 6 nitrogen and oxygen atoms in total. The van der Waals surface area contributed by atoms with E-state index in [2.05, 4.69) is 15.6 Å². The summed E-state index contributed by atoms with van der Waals surface area (Å²) >= 11 is 5.88. The van der Waals surface area contributed by atoms with E-state index in [4.69, 9.17) is 16.3 Å². The summed E-state index contributed by atoms with van der Waals surface area (Å²) in [6, 6.07) is 9.91. The van der Waals surface area contributed by atoms with Gasteiger partial charge in [0.15, 0.2) is 0 Å². The number of hydrogen-bond donors (Lipinski definition) is 2. The fraction of sp³-hybridized carbons (Fsp3) is 0.235. The molecule has 1 atom stereocenters. The maximum Gasteiger partial charge on any atom is 0.226 e. The fourth-order valence-corrected chi connectivity index (χ4v) is 2.29. The highest BCUT2D eigenvalue weighted by molar-refractivity contribution is 6.30. The quantitative estimate of drug-likeness (QED) is 0.841. The largest absolute Gasteiger partial charge is 0.481 e.